The molecule has 1 fully saturated rings. The van der Waals surface area contributed by atoms with Gasteiger partial charge in [-0.3, -0.25) is 9.59 Å². The average Bonchev–Trinajstić information content (AvgIpc) is 2.97. The number of nitrogens with zero attached hydrogens (tertiary/aromatic N) is 1. The highest BCUT2D eigenvalue weighted by Gasteiger charge is 2.36. The Morgan fingerprint density at radius 3 is 2.38 bits per heavy atom. The fourth-order valence-electron chi connectivity index (χ4n) is 3.24. The van der Waals surface area contributed by atoms with Crippen LogP contribution in [0, 0.1) is 19.8 Å². The highest BCUT2D eigenvalue weighted by Crippen LogP contribution is 2.30. The van der Waals surface area contributed by atoms with Crippen molar-refractivity contribution in [2.75, 3.05) is 11.4 Å². The number of ether oxygens (including phenoxy) is 1. The average molecular weight is 351 g/mol. The number of aryl methyl sites for hydroxylation is 2. The van der Waals surface area contributed by atoms with E-state index in [4.69, 9.17) is 4.74 Å². The van der Waals surface area contributed by atoms with Gasteiger partial charge in [-0.2, -0.15) is 0 Å². The van der Waals surface area contributed by atoms with Crippen LogP contribution in [0.4, 0.5) is 5.69 Å². The van der Waals surface area contributed by atoms with Crippen LogP contribution in [0.25, 0.3) is 0 Å². The number of carbonyl (C=O) groups is 2. The summed E-state index contributed by atoms with van der Waals surface area (Å²) in [4.78, 5) is 26.7. The Bertz CT molecular complexity index is 824. The van der Waals surface area contributed by atoms with Gasteiger partial charge in [0.25, 0.3) is 0 Å². The first-order chi connectivity index (χ1) is 12.3. The topological polar surface area (TPSA) is 46.6 Å². The van der Waals surface area contributed by atoms with Gasteiger partial charge in [-0.25, -0.2) is 0 Å². The van der Waals surface area contributed by atoms with E-state index < -0.39 is 5.92 Å². The predicted molar refractivity (Wildman–Crippen MR) is 103 cm³/mol. The molecule has 0 aromatic heterocycles. The number of benzene rings is 2. The highest BCUT2D eigenvalue weighted by molar-refractivity contribution is 5.99. The van der Waals surface area contributed by atoms with E-state index in [1.54, 1.807) is 4.90 Å². The largest absolute Gasteiger partial charge is 0.426 e. The van der Waals surface area contributed by atoms with Crippen LogP contribution in [0.1, 0.15) is 42.9 Å². The van der Waals surface area contributed by atoms with E-state index in [1.807, 2.05) is 56.3 Å². The smallest absolute Gasteiger partial charge is 0.316 e. The molecule has 26 heavy (non-hydrogen) atoms. The summed E-state index contributed by atoms with van der Waals surface area (Å²) < 4.78 is 5.71. The number of rotatable bonds is 4. The van der Waals surface area contributed by atoms with Gasteiger partial charge < -0.3 is 9.64 Å². The number of carbonyl (C=O) groups excluding carboxylic acids is 2. The molecule has 4 heteroatoms. The molecule has 3 rings (SSSR count). The Morgan fingerprint density at radius 1 is 1.08 bits per heavy atom. The zero-order chi connectivity index (χ0) is 18.8. The monoisotopic (exact) mass is 351 g/mol. The summed E-state index contributed by atoms with van der Waals surface area (Å²) >= 11 is 0. The first-order valence-corrected chi connectivity index (χ1v) is 9.04. The van der Waals surface area contributed by atoms with Crippen molar-refractivity contribution in [3.8, 4) is 5.75 Å². The molecule has 0 radical (unpaired) electrons. The van der Waals surface area contributed by atoms with E-state index in [2.05, 4.69) is 13.8 Å². The minimum Gasteiger partial charge on any atom is -0.426 e. The van der Waals surface area contributed by atoms with Crippen molar-refractivity contribution in [2.24, 2.45) is 5.92 Å². The summed E-state index contributed by atoms with van der Waals surface area (Å²) in [5.41, 5.74) is 4.01. The molecule has 1 heterocycles. The van der Waals surface area contributed by atoms with Gasteiger partial charge in [-0.15, -0.1) is 0 Å². The quantitative estimate of drug-likeness (QED) is 0.606. The third-order valence-electron chi connectivity index (χ3n) is 4.81. The summed E-state index contributed by atoms with van der Waals surface area (Å²) in [7, 11) is 0. The molecule has 2 aromatic carbocycles. The van der Waals surface area contributed by atoms with E-state index in [9.17, 15) is 9.59 Å². The van der Waals surface area contributed by atoms with E-state index in [0.29, 0.717) is 12.3 Å². The van der Waals surface area contributed by atoms with Crippen LogP contribution >= 0.6 is 0 Å². The van der Waals surface area contributed by atoms with E-state index in [-0.39, 0.29) is 24.2 Å². The van der Waals surface area contributed by atoms with Crippen molar-refractivity contribution >= 4 is 17.6 Å². The van der Waals surface area contributed by atoms with Gasteiger partial charge in [0.05, 0.1) is 5.92 Å². The van der Waals surface area contributed by atoms with Crippen LogP contribution in [0.5, 0.6) is 5.75 Å². The molecule has 0 unspecified atom stereocenters. The Kier molecular flexibility index (Phi) is 5.12. The van der Waals surface area contributed by atoms with Gasteiger partial charge in [-0.1, -0.05) is 43.7 Å². The lowest BCUT2D eigenvalue weighted by molar-refractivity contribution is -0.139. The lowest BCUT2D eigenvalue weighted by Gasteiger charge is -2.18. The number of amides is 1. The molecule has 0 bridgehead atoms. The number of esters is 1. The van der Waals surface area contributed by atoms with Crippen LogP contribution in [0.3, 0.4) is 0 Å². The maximum atomic E-state index is 12.7. The summed E-state index contributed by atoms with van der Waals surface area (Å²) in [5, 5.41) is 0. The molecule has 1 atom stereocenters. The second-order valence-electron chi connectivity index (χ2n) is 7.36. The van der Waals surface area contributed by atoms with Crippen molar-refractivity contribution in [2.45, 2.75) is 40.0 Å². The molecule has 0 N–H and O–H groups in total. The third-order valence-corrected chi connectivity index (χ3v) is 4.81. The van der Waals surface area contributed by atoms with Crippen LogP contribution in [0.2, 0.25) is 0 Å². The minimum absolute atomic E-state index is 0.0378. The van der Waals surface area contributed by atoms with Gasteiger partial charge in [0.2, 0.25) is 5.91 Å². The van der Waals surface area contributed by atoms with Gasteiger partial charge in [0.15, 0.2) is 0 Å². The summed E-state index contributed by atoms with van der Waals surface area (Å²) in [6, 6.07) is 13.7. The fourth-order valence-corrected chi connectivity index (χ4v) is 3.24. The second kappa shape index (κ2) is 7.32. The zero-order valence-electron chi connectivity index (χ0n) is 15.8. The zero-order valence-corrected chi connectivity index (χ0v) is 15.8. The first-order valence-electron chi connectivity index (χ1n) is 9.04. The van der Waals surface area contributed by atoms with Crippen LogP contribution in [-0.4, -0.2) is 18.4 Å². The first kappa shape index (κ1) is 18.2. The number of hydrogen-bond acceptors (Lipinski definition) is 3. The summed E-state index contributed by atoms with van der Waals surface area (Å²) in [5.74, 6) is 0.0489. The van der Waals surface area contributed by atoms with Crippen molar-refractivity contribution < 1.29 is 14.3 Å². The van der Waals surface area contributed by atoms with Crippen molar-refractivity contribution in [1.82, 2.24) is 0 Å². The molecule has 1 aliphatic heterocycles. The molecule has 0 saturated carbocycles. The number of hydrogen-bond donors (Lipinski definition) is 0. The Labute approximate surface area is 154 Å². The van der Waals surface area contributed by atoms with Crippen molar-refractivity contribution in [3.63, 3.8) is 0 Å². The molecule has 2 aromatic rings. The Balaban J connectivity index is 1.75. The molecular weight excluding hydrogens is 326 g/mol. The Hall–Kier alpha value is -2.62. The predicted octanol–water partition coefficient (Wildman–Crippen LogP) is 4.39. The minimum atomic E-state index is -0.440. The van der Waals surface area contributed by atoms with Crippen LogP contribution < -0.4 is 9.64 Å². The van der Waals surface area contributed by atoms with E-state index in [0.717, 1.165) is 22.4 Å². The Morgan fingerprint density at radius 2 is 1.73 bits per heavy atom. The fraction of sp³-hybridized carbons (Fsp3) is 0.364. The summed E-state index contributed by atoms with van der Waals surface area (Å²) in [6.45, 7) is 8.48. The third kappa shape index (κ3) is 3.79. The van der Waals surface area contributed by atoms with Gasteiger partial charge >= 0.3 is 5.97 Å². The molecule has 0 aliphatic carbocycles. The molecule has 1 saturated heterocycles. The lowest BCUT2D eigenvalue weighted by atomic mass is 10.0. The SMILES string of the molecule is Cc1ccc(N2C[C@H](C(=O)Oc3cc(C)ccc3C(C)C)CC2=O)cc1. The molecule has 0 spiro atoms. The maximum absolute atomic E-state index is 12.7. The molecule has 136 valence electrons. The maximum Gasteiger partial charge on any atom is 0.316 e. The number of anilines is 1. The molecular formula is C22H25NO3. The van der Waals surface area contributed by atoms with Crippen molar-refractivity contribution in [1.29, 1.82) is 0 Å². The second-order valence-corrected chi connectivity index (χ2v) is 7.36. The van der Waals surface area contributed by atoms with Crippen molar-refractivity contribution in [3.05, 3.63) is 59.2 Å². The van der Waals surface area contributed by atoms with Gasteiger partial charge in [0.1, 0.15) is 5.75 Å². The normalized spacial score (nSPS) is 17.0. The standard InChI is InChI=1S/C22H25NO3/c1-14(2)19-10-7-16(4)11-20(19)26-22(25)17-12-21(24)23(13-17)18-8-5-15(3)6-9-18/h5-11,14,17H,12-13H2,1-4H3/t17-/m1/s1. The highest BCUT2D eigenvalue weighted by atomic mass is 16.5. The molecule has 1 amide bonds. The van der Waals surface area contributed by atoms with E-state index in [1.165, 1.54) is 0 Å². The van der Waals surface area contributed by atoms with E-state index >= 15 is 0 Å². The van der Waals surface area contributed by atoms with Crippen LogP contribution in [0.15, 0.2) is 42.5 Å². The lowest BCUT2D eigenvalue weighted by Crippen LogP contribution is -2.27. The van der Waals surface area contributed by atoms with Crippen LogP contribution in [-0.2, 0) is 9.59 Å². The summed E-state index contributed by atoms with van der Waals surface area (Å²) in [6.07, 6.45) is 0.190. The molecule has 1 aliphatic rings. The van der Waals surface area contributed by atoms with Gasteiger partial charge in [0, 0.05) is 18.7 Å². The molecule has 4 nitrogen and oxygen atoms in total. The van der Waals surface area contributed by atoms with Gasteiger partial charge in [-0.05, 0) is 49.1 Å².